The predicted molar refractivity (Wildman–Crippen MR) is 103 cm³/mol. The zero-order chi connectivity index (χ0) is 20.9. The summed E-state index contributed by atoms with van der Waals surface area (Å²) < 4.78 is 45.1. The number of carbonyl (C=O) groups is 1. The van der Waals surface area contributed by atoms with Crippen molar-refractivity contribution < 1.29 is 22.7 Å². The summed E-state index contributed by atoms with van der Waals surface area (Å²) in [5.74, 6) is -3.47. The smallest absolute Gasteiger partial charge is 0.246 e. The van der Waals surface area contributed by atoms with E-state index >= 15 is 0 Å². The third-order valence-corrected chi connectivity index (χ3v) is 5.48. The first-order valence-electron chi connectivity index (χ1n) is 9.36. The average molecular weight is 406 g/mol. The van der Waals surface area contributed by atoms with E-state index in [0.29, 0.717) is 30.0 Å². The van der Waals surface area contributed by atoms with Crippen molar-refractivity contribution in [1.29, 1.82) is 0 Å². The molecule has 9 heteroatoms. The van der Waals surface area contributed by atoms with E-state index in [1.54, 1.807) is 0 Å². The number of halogens is 3. The average Bonchev–Trinajstić information content (AvgIpc) is 2.63. The monoisotopic (exact) mass is 406 g/mol. The molecule has 6 nitrogen and oxygen atoms in total. The summed E-state index contributed by atoms with van der Waals surface area (Å²) in [4.78, 5) is 18.4. The number of anilines is 3. The number of likely N-dealkylation sites (N-methyl/N-ethyl adjacent to an activating group) is 1. The molecule has 1 saturated carbocycles. The fraction of sp³-hybridized carbons (Fsp3) is 0.400. The molecule has 2 N–H and O–H groups in total. The lowest BCUT2D eigenvalue weighted by molar-refractivity contribution is -0.117. The summed E-state index contributed by atoms with van der Waals surface area (Å²) in [7, 11) is 1.86. The maximum atomic E-state index is 13.3. The summed E-state index contributed by atoms with van der Waals surface area (Å²) in [6.45, 7) is 3.66. The standard InChI is InChI=1S/C20H21F3N4O2/c1-9-19-16(27(3)10(2)20(28)26-19)8-17(24-9)25-11-4-12(5-11)29-13-6-14(21)18(23)15(22)7-13/h6-8,10-12H,4-5H2,1-3H3,(H,24,25)(H,26,28)/t10-,11?,12?/m0/s1. The number of rotatable bonds is 4. The highest BCUT2D eigenvalue weighted by Gasteiger charge is 2.33. The molecule has 1 aliphatic carbocycles. The van der Waals surface area contributed by atoms with Crippen LogP contribution in [-0.2, 0) is 4.79 Å². The molecule has 0 radical (unpaired) electrons. The number of nitrogens with one attached hydrogen (secondary N) is 2. The normalized spacial score (nSPS) is 23.2. The largest absolute Gasteiger partial charge is 0.490 e. The van der Waals surface area contributed by atoms with E-state index in [1.165, 1.54) is 0 Å². The molecular formula is C20H21F3N4O2. The Morgan fingerprint density at radius 1 is 1.21 bits per heavy atom. The fourth-order valence-corrected chi connectivity index (χ4v) is 3.56. The highest BCUT2D eigenvalue weighted by molar-refractivity contribution is 6.04. The number of nitrogens with zero attached hydrogens (tertiary/aromatic N) is 2. The Balaban J connectivity index is 1.40. The summed E-state index contributed by atoms with van der Waals surface area (Å²) in [6.07, 6.45) is 1.00. The molecule has 1 aliphatic heterocycles. The van der Waals surface area contributed by atoms with Crippen LogP contribution in [0.25, 0.3) is 0 Å². The number of carbonyl (C=O) groups excluding carboxylic acids is 1. The van der Waals surface area contributed by atoms with E-state index in [9.17, 15) is 18.0 Å². The van der Waals surface area contributed by atoms with E-state index in [4.69, 9.17) is 4.74 Å². The number of ether oxygens (including phenoxy) is 1. The van der Waals surface area contributed by atoms with Crippen LogP contribution in [0.4, 0.5) is 30.4 Å². The summed E-state index contributed by atoms with van der Waals surface area (Å²) in [5.41, 5.74) is 2.30. The van der Waals surface area contributed by atoms with Gasteiger partial charge >= 0.3 is 0 Å². The minimum atomic E-state index is -1.50. The topological polar surface area (TPSA) is 66.5 Å². The van der Waals surface area contributed by atoms with E-state index < -0.39 is 17.5 Å². The van der Waals surface area contributed by atoms with Crippen molar-refractivity contribution in [2.75, 3.05) is 22.6 Å². The summed E-state index contributed by atoms with van der Waals surface area (Å²) >= 11 is 0. The van der Waals surface area contributed by atoms with Gasteiger partial charge in [0.2, 0.25) is 5.91 Å². The molecule has 1 amide bonds. The first-order valence-corrected chi connectivity index (χ1v) is 9.36. The quantitative estimate of drug-likeness (QED) is 0.760. The van der Waals surface area contributed by atoms with E-state index in [-0.39, 0.29) is 29.8 Å². The van der Waals surface area contributed by atoms with Gasteiger partial charge in [-0.3, -0.25) is 4.79 Å². The second-order valence-electron chi connectivity index (χ2n) is 7.52. The molecule has 2 aliphatic rings. The first-order chi connectivity index (χ1) is 13.7. The highest BCUT2D eigenvalue weighted by Crippen LogP contribution is 2.36. The van der Waals surface area contributed by atoms with Crippen molar-refractivity contribution >= 4 is 23.1 Å². The van der Waals surface area contributed by atoms with Gasteiger partial charge in [0, 0.05) is 44.1 Å². The molecule has 29 heavy (non-hydrogen) atoms. The molecule has 2 heterocycles. The molecule has 0 saturated heterocycles. The Kier molecular flexibility index (Phi) is 4.76. The summed E-state index contributed by atoms with van der Waals surface area (Å²) in [6, 6.07) is 3.38. The maximum absolute atomic E-state index is 13.3. The Hall–Kier alpha value is -2.97. The number of amides is 1. The number of hydrogen-bond donors (Lipinski definition) is 2. The van der Waals surface area contributed by atoms with Crippen molar-refractivity contribution in [3.63, 3.8) is 0 Å². The van der Waals surface area contributed by atoms with E-state index in [0.717, 1.165) is 17.8 Å². The van der Waals surface area contributed by atoms with Gasteiger partial charge in [-0.25, -0.2) is 18.2 Å². The number of aryl methyl sites for hydroxylation is 1. The van der Waals surface area contributed by atoms with E-state index in [2.05, 4.69) is 15.6 Å². The van der Waals surface area contributed by atoms with Gasteiger partial charge in [-0.2, -0.15) is 0 Å². The number of benzene rings is 1. The van der Waals surface area contributed by atoms with Crippen LogP contribution >= 0.6 is 0 Å². The van der Waals surface area contributed by atoms with Crippen LogP contribution < -0.4 is 20.3 Å². The van der Waals surface area contributed by atoms with Crippen LogP contribution in [0.1, 0.15) is 25.5 Å². The van der Waals surface area contributed by atoms with Crippen LogP contribution in [0.2, 0.25) is 0 Å². The SMILES string of the molecule is Cc1nc(NC2CC(Oc3cc(F)c(F)c(F)c3)C2)cc2c1NC(=O)[C@H](C)N2C. The minimum Gasteiger partial charge on any atom is -0.490 e. The van der Waals surface area contributed by atoms with E-state index in [1.807, 2.05) is 31.9 Å². The minimum absolute atomic E-state index is 0.0287. The molecule has 1 fully saturated rings. The second kappa shape index (κ2) is 7.13. The van der Waals surface area contributed by atoms with Gasteiger partial charge in [0.1, 0.15) is 23.7 Å². The molecule has 1 aromatic heterocycles. The molecular weight excluding hydrogens is 385 g/mol. The zero-order valence-electron chi connectivity index (χ0n) is 16.2. The maximum Gasteiger partial charge on any atom is 0.246 e. The fourth-order valence-electron chi connectivity index (χ4n) is 3.56. The third-order valence-electron chi connectivity index (χ3n) is 5.48. The molecule has 2 aromatic rings. The summed E-state index contributed by atoms with van der Waals surface area (Å²) in [5, 5.41) is 6.21. The molecule has 4 rings (SSSR count). The van der Waals surface area contributed by atoms with Gasteiger partial charge in [-0.1, -0.05) is 0 Å². The van der Waals surface area contributed by atoms with Crippen LogP contribution in [0.5, 0.6) is 5.75 Å². The van der Waals surface area contributed by atoms with Gasteiger partial charge in [0.25, 0.3) is 0 Å². The molecule has 154 valence electrons. The molecule has 1 atom stereocenters. The third kappa shape index (κ3) is 3.56. The Morgan fingerprint density at radius 2 is 1.86 bits per heavy atom. The number of pyridine rings is 1. The first kappa shape index (κ1) is 19.4. The van der Waals surface area contributed by atoms with Crippen molar-refractivity contribution in [3.8, 4) is 5.75 Å². The molecule has 0 spiro atoms. The van der Waals surface area contributed by atoms with Gasteiger partial charge in [-0.05, 0) is 13.8 Å². The van der Waals surface area contributed by atoms with Crippen molar-refractivity contribution in [2.45, 2.75) is 44.9 Å². The van der Waals surface area contributed by atoms with Crippen molar-refractivity contribution in [2.24, 2.45) is 0 Å². The molecule has 0 unspecified atom stereocenters. The number of fused-ring (bicyclic) bond motifs is 1. The van der Waals surface area contributed by atoms with Crippen LogP contribution in [0.15, 0.2) is 18.2 Å². The van der Waals surface area contributed by atoms with Crippen LogP contribution in [0, 0.1) is 24.4 Å². The lowest BCUT2D eigenvalue weighted by Gasteiger charge is -2.37. The Morgan fingerprint density at radius 3 is 2.52 bits per heavy atom. The van der Waals surface area contributed by atoms with Crippen molar-refractivity contribution in [3.05, 3.63) is 41.3 Å². The second-order valence-corrected chi connectivity index (χ2v) is 7.52. The van der Waals surface area contributed by atoms with Gasteiger partial charge < -0.3 is 20.3 Å². The molecule has 0 bridgehead atoms. The lowest BCUT2D eigenvalue weighted by Crippen LogP contribution is -2.45. The number of aromatic nitrogens is 1. The predicted octanol–water partition coefficient (Wildman–Crippen LogP) is 3.61. The highest BCUT2D eigenvalue weighted by atomic mass is 19.2. The van der Waals surface area contributed by atoms with Gasteiger partial charge in [-0.15, -0.1) is 0 Å². The van der Waals surface area contributed by atoms with Gasteiger partial charge in [0.15, 0.2) is 17.5 Å². The van der Waals surface area contributed by atoms with Crippen LogP contribution in [-0.4, -0.2) is 36.1 Å². The molecule has 1 aromatic carbocycles. The van der Waals surface area contributed by atoms with Crippen molar-refractivity contribution in [1.82, 2.24) is 4.98 Å². The Bertz CT molecular complexity index is 955. The number of hydrogen-bond acceptors (Lipinski definition) is 5. The lowest BCUT2D eigenvalue weighted by atomic mass is 9.89. The zero-order valence-corrected chi connectivity index (χ0v) is 16.2. The van der Waals surface area contributed by atoms with Gasteiger partial charge in [0.05, 0.1) is 17.1 Å². The Labute approximate surface area is 166 Å². The van der Waals surface area contributed by atoms with Crippen LogP contribution in [0.3, 0.4) is 0 Å².